The Morgan fingerprint density at radius 1 is 0.736 bits per heavy atom. The van der Waals surface area contributed by atoms with Crippen molar-refractivity contribution in [2.75, 3.05) is 7.05 Å². The third-order valence-corrected chi connectivity index (χ3v) is 29.3. The second kappa shape index (κ2) is 20.0. The Labute approximate surface area is 514 Å². The van der Waals surface area contributed by atoms with Crippen LogP contribution in [0.15, 0.2) is 84.5 Å². The molecule has 17 aliphatic rings. The van der Waals surface area contributed by atoms with Gasteiger partial charge in [-0.25, -0.2) is 4.79 Å². The van der Waals surface area contributed by atoms with Crippen LogP contribution in [0.5, 0.6) is 0 Å². The van der Waals surface area contributed by atoms with Crippen LogP contribution >= 0.6 is 0 Å². The first kappa shape index (κ1) is 56.5. The number of aliphatic hydroxyl groups is 6. The first-order valence-corrected chi connectivity index (χ1v) is 34.8. The van der Waals surface area contributed by atoms with Crippen LogP contribution in [-0.2, 0) is 53.0 Å². The molecule has 10 nitrogen and oxygen atoms in total. The fourth-order valence-corrected chi connectivity index (χ4v) is 26.1. The lowest BCUT2D eigenvalue weighted by atomic mass is 9.32. The Kier molecular flexibility index (Phi) is 13.0. The highest BCUT2D eigenvalue weighted by Gasteiger charge is 2.87. The maximum Gasteiger partial charge on any atom is 0.331 e. The van der Waals surface area contributed by atoms with E-state index in [1.165, 1.54) is 40.7 Å². The van der Waals surface area contributed by atoms with Crippen LogP contribution in [0.25, 0.3) is 0 Å². The van der Waals surface area contributed by atoms with E-state index in [-0.39, 0.29) is 67.4 Å². The van der Waals surface area contributed by atoms with E-state index in [4.69, 9.17) is 4.74 Å². The van der Waals surface area contributed by atoms with Crippen molar-refractivity contribution in [1.82, 2.24) is 5.32 Å². The van der Waals surface area contributed by atoms with Crippen molar-refractivity contribution in [3.05, 3.63) is 129 Å². The van der Waals surface area contributed by atoms with Gasteiger partial charge < -0.3 is 45.5 Å². The van der Waals surface area contributed by atoms with Crippen LogP contribution < -0.4 is 5.32 Å². The number of hydrogen-bond acceptors (Lipinski definition) is 10. The van der Waals surface area contributed by atoms with Gasteiger partial charge in [0, 0.05) is 52.2 Å². The number of aldehydes is 1. The van der Waals surface area contributed by atoms with Crippen molar-refractivity contribution in [1.29, 1.82) is 0 Å². The molecule has 1 heterocycles. The van der Waals surface area contributed by atoms with E-state index >= 15 is 15.0 Å². The molecule has 23 unspecified atom stereocenters. The molecule has 1 aliphatic heterocycles. The molecule has 0 saturated heterocycles. The lowest BCUT2D eigenvalue weighted by Gasteiger charge is -2.75. The summed E-state index contributed by atoms with van der Waals surface area (Å²) in [6.45, 7) is -0.139. The van der Waals surface area contributed by atoms with Gasteiger partial charge in [0.15, 0.2) is 0 Å². The molecule has 87 heavy (non-hydrogen) atoms. The summed E-state index contributed by atoms with van der Waals surface area (Å²) in [4.78, 5) is 30.1. The number of rotatable bonds is 4. The molecule has 16 aliphatic carbocycles. The third kappa shape index (κ3) is 7.72. The quantitative estimate of drug-likeness (QED) is 0.0576. The zero-order valence-electron chi connectivity index (χ0n) is 51.2. The summed E-state index contributed by atoms with van der Waals surface area (Å²) in [6, 6.07) is 22.1. The molecular formula is C77H93NO9. The SMILES string of the molecule is CNC1Cc2c(cccc2CO)C#CC23CC4CCc5c(cccc5CC4C2)Cc2cccc(c2)CCC2CCC4(C2)CC2(C=O)C5CCC6(C3)C3C7=CC(=O)OC7C1CC3CC6(O)C5(O)C(O)C1CC3C(C=CCC3C3CCCC3)CC(C4O)C12O. The van der Waals surface area contributed by atoms with E-state index in [9.17, 15) is 25.2 Å². The Morgan fingerprint density at radius 2 is 1.54 bits per heavy atom. The normalized spacial score (nSPS) is 47.8. The summed E-state index contributed by atoms with van der Waals surface area (Å²) in [6.07, 6.45) is 22.8. The number of esters is 1. The molecule has 3 aromatic carbocycles. The van der Waals surface area contributed by atoms with Crippen LogP contribution in [0.2, 0.25) is 0 Å². The maximum atomic E-state index is 15.7. The first-order chi connectivity index (χ1) is 42.1. The highest BCUT2D eigenvalue weighted by molar-refractivity contribution is 5.86. The van der Waals surface area contributed by atoms with Crippen molar-refractivity contribution < 1.29 is 45.0 Å². The minimum atomic E-state index is -2.29. The van der Waals surface area contributed by atoms with Gasteiger partial charge in [-0.15, -0.1) is 0 Å². The molecule has 9 fully saturated rings. The van der Waals surface area contributed by atoms with Gasteiger partial charge in [-0.2, -0.15) is 0 Å². The summed E-state index contributed by atoms with van der Waals surface area (Å²) in [7, 11) is 1.96. The van der Waals surface area contributed by atoms with E-state index in [1.807, 2.05) is 19.2 Å². The van der Waals surface area contributed by atoms with Crippen molar-refractivity contribution in [3.8, 4) is 11.8 Å². The fraction of sp³-hybridized carbons (Fsp3) is 0.662. The number of ether oxygens (including phenoxy) is 1. The largest absolute Gasteiger partial charge is 0.454 e. The molecule has 20 rings (SSSR count). The van der Waals surface area contributed by atoms with E-state index < -0.39 is 86.4 Å². The number of carbonyl (C=O) groups is 2. The van der Waals surface area contributed by atoms with Crippen molar-refractivity contribution >= 4 is 12.3 Å². The topological polar surface area (TPSA) is 177 Å². The van der Waals surface area contributed by atoms with Crippen LogP contribution in [0.4, 0.5) is 0 Å². The van der Waals surface area contributed by atoms with Gasteiger partial charge in [0.05, 0.1) is 29.8 Å². The van der Waals surface area contributed by atoms with Crippen LogP contribution in [0.3, 0.4) is 0 Å². The summed E-state index contributed by atoms with van der Waals surface area (Å²) < 4.78 is 6.61. The van der Waals surface area contributed by atoms with Crippen molar-refractivity contribution in [3.63, 3.8) is 0 Å². The van der Waals surface area contributed by atoms with Crippen LogP contribution in [0, 0.1) is 110 Å². The Morgan fingerprint density at radius 3 is 2.38 bits per heavy atom. The van der Waals surface area contributed by atoms with Gasteiger partial charge in [0.1, 0.15) is 23.6 Å². The zero-order valence-corrected chi connectivity index (χ0v) is 51.2. The van der Waals surface area contributed by atoms with E-state index in [0.717, 1.165) is 106 Å². The number of carbonyl (C=O) groups excluding carboxylic acids is 2. The lowest BCUT2D eigenvalue weighted by Crippen LogP contribution is -2.86. The highest BCUT2D eigenvalue weighted by Crippen LogP contribution is 2.81. The molecule has 10 heteroatoms. The van der Waals surface area contributed by atoms with Crippen molar-refractivity contribution in [2.24, 2.45) is 98.6 Å². The Bertz CT molecular complexity index is 3450. The molecular weight excluding hydrogens is 1080 g/mol. The Hall–Kier alpha value is -4.44. The molecule has 460 valence electrons. The van der Waals surface area contributed by atoms with Gasteiger partial charge in [0.25, 0.3) is 0 Å². The Balaban J connectivity index is 0.908. The molecule has 17 bridgehead atoms. The molecule has 0 aromatic heterocycles. The van der Waals surface area contributed by atoms with E-state index in [1.54, 1.807) is 6.08 Å². The van der Waals surface area contributed by atoms with E-state index in [0.29, 0.717) is 69.1 Å². The molecule has 9 saturated carbocycles. The number of hydrogen-bond donors (Lipinski definition) is 7. The molecule has 3 spiro atoms. The standard InChI is InChI=1S/C77H93NO9/c1-78-64-34-58-48(12-5-16-53(58)40-79)23-25-71-37-52-20-21-56-49(13-6-14-50(56)30-54(52)38-71)29-46-9-4-8-44(28-46)18-19-45-22-26-72(36-45)42-74(43-80)65-24-27-73(41-71)67-55(31-60(64)68-61(67)35-66(81)87-68)39-75(73,84)77(65,86)70(83)63-33-59-51(32-62(69(72)82)76(63,74)85)15-7-17-57(59)47-10-2-3-11-47/h4-9,12-16,28,35,43,45,47,51-52,54-55,57,59-60,62-65,67-70,78-79,82-86H,2-3,10-11,17-22,24,26-27,29-34,36-42H2,1H3. The average Bonchev–Trinajstić information content (AvgIpc) is 1.62. The van der Waals surface area contributed by atoms with Crippen LogP contribution in [-0.4, -0.2) is 91.1 Å². The maximum absolute atomic E-state index is 15.7. The highest BCUT2D eigenvalue weighted by atomic mass is 16.5. The summed E-state index contributed by atoms with van der Waals surface area (Å²) in [5, 5.41) is 89.0. The second-order valence-corrected chi connectivity index (χ2v) is 32.4. The molecule has 7 N–H and O–H groups in total. The zero-order chi connectivity index (χ0) is 59.2. The van der Waals surface area contributed by atoms with Crippen LogP contribution in [0.1, 0.15) is 173 Å². The predicted molar refractivity (Wildman–Crippen MR) is 330 cm³/mol. The minimum absolute atomic E-state index is 0.0129. The molecule has 0 amide bonds. The average molecular weight is 1180 g/mol. The molecule has 3 aromatic rings. The van der Waals surface area contributed by atoms with E-state index in [2.05, 4.69) is 77.8 Å². The summed E-state index contributed by atoms with van der Waals surface area (Å²) in [5.41, 5.74) is 0.105. The minimum Gasteiger partial charge on any atom is -0.454 e. The van der Waals surface area contributed by atoms with Gasteiger partial charge in [-0.1, -0.05) is 104 Å². The van der Waals surface area contributed by atoms with Gasteiger partial charge >= 0.3 is 5.97 Å². The number of allylic oxidation sites excluding steroid dienone is 2. The molecule has 23 atom stereocenters. The lowest BCUT2D eigenvalue weighted by molar-refractivity contribution is -0.385. The van der Waals surface area contributed by atoms with Gasteiger partial charge in [-0.3, -0.25) is 0 Å². The second-order valence-electron chi connectivity index (χ2n) is 32.4. The molecule has 0 radical (unpaired) electrons. The smallest absolute Gasteiger partial charge is 0.331 e. The fourth-order valence-electron chi connectivity index (χ4n) is 26.1. The number of benzene rings is 3. The number of aryl methyl sites for hydroxylation is 1. The number of aliphatic hydroxyl groups excluding tert-OH is 3. The number of likely N-dealkylation sites (N-methyl/N-ethyl adjacent to an activating group) is 1. The number of nitrogens with one attached hydrogen (secondary N) is 1. The van der Waals surface area contributed by atoms with Gasteiger partial charge in [-0.05, 0) is 251 Å². The first-order valence-electron chi connectivity index (χ1n) is 34.8. The van der Waals surface area contributed by atoms with Crippen molar-refractivity contribution in [2.45, 2.75) is 208 Å². The van der Waals surface area contributed by atoms with Gasteiger partial charge in [0.2, 0.25) is 0 Å². The summed E-state index contributed by atoms with van der Waals surface area (Å²) >= 11 is 0. The third-order valence-electron chi connectivity index (χ3n) is 29.3. The summed E-state index contributed by atoms with van der Waals surface area (Å²) in [5.74, 6) is 5.63. The predicted octanol–water partition coefficient (Wildman–Crippen LogP) is 10.0. The monoisotopic (exact) mass is 1180 g/mol. The number of fused-ring (bicyclic) bond motifs is 2.